The molecule has 1 heterocycles. The second-order valence-electron chi connectivity index (χ2n) is 8.94. The minimum Gasteiger partial charge on any atom is -0.493 e. The third-order valence-electron chi connectivity index (χ3n) is 6.22. The Balaban J connectivity index is 1.40. The van der Waals surface area contributed by atoms with Crippen LogP contribution in [0.25, 0.3) is 22.2 Å². The summed E-state index contributed by atoms with van der Waals surface area (Å²) in [6.45, 7) is 0. The van der Waals surface area contributed by atoms with Crippen LogP contribution < -0.4 is 14.9 Å². The molecule has 0 aliphatic rings. The molecule has 214 valence electrons. The van der Waals surface area contributed by atoms with Gasteiger partial charge in [0.05, 0.1) is 49.6 Å². The van der Waals surface area contributed by atoms with Crippen molar-refractivity contribution in [1.82, 2.24) is 10.4 Å². The number of aromatic nitrogens is 1. The molecule has 0 atom stereocenters. The fourth-order valence-electron chi connectivity index (χ4n) is 4.22. The third-order valence-corrected chi connectivity index (χ3v) is 7.03. The van der Waals surface area contributed by atoms with E-state index in [2.05, 4.69) is 10.5 Å². The maximum Gasteiger partial charge on any atom is 0.318 e. The van der Waals surface area contributed by atoms with Crippen molar-refractivity contribution in [2.75, 3.05) is 7.11 Å². The highest BCUT2D eigenvalue weighted by Gasteiger charge is 2.23. The average molecular weight is 689 g/mol. The molecular weight excluding hydrogens is 669 g/mol. The Labute approximate surface area is 257 Å². The molecule has 0 aliphatic heterocycles. The fraction of sp³-hybridized carbons (Fsp3) is 0.0333. The molecule has 0 aliphatic carbocycles. The number of hydrogen-bond acceptors (Lipinski definition) is 9. The summed E-state index contributed by atoms with van der Waals surface area (Å²) in [6, 6.07) is 24.9. The molecule has 1 N–H and O–H groups in total. The number of nitrogens with one attached hydrogen (secondary N) is 1. The van der Waals surface area contributed by atoms with E-state index in [1.165, 1.54) is 13.3 Å². The van der Waals surface area contributed by atoms with Gasteiger partial charge in [-0.1, -0.05) is 48.5 Å². The summed E-state index contributed by atoms with van der Waals surface area (Å²) in [5, 5.41) is 27.4. The lowest BCUT2D eigenvalue weighted by molar-refractivity contribution is -0.394. The Morgan fingerprint density at radius 2 is 1.67 bits per heavy atom. The predicted octanol–water partition coefficient (Wildman–Crippen LogP) is 6.89. The van der Waals surface area contributed by atoms with E-state index in [-0.39, 0.29) is 17.2 Å². The SMILES string of the molecule is COc1cc(/C=N\NC(=O)c2cc(-c3ccccc3)nc3ccccc23)cc(I)c1Oc1ccc([N+](=O)[O-])cc1[N+](=O)[O-]. The number of non-ortho nitro benzene ring substituents is 1. The first-order valence-corrected chi connectivity index (χ1v) is 13.6. The van der Waals surface area contributed by atoms with Crippen LogP contribution in [0.4, 0.5) is 11.4 Å². The van der Waals surface area contributed by atoms with Crippen molar-refractivity contribution in [1.29, 1.82) is 0 Å². The van der Waals surface area contributed by atoms with Crippen molar-refractivity contribution in [2.45, 2.75) is 0 Å². The summed E-state index contributed by atoms with van der Waals surface area (Å²) in [5.74, 6) is -0.239. The van der Waals surface area contributed by atoms with Gasteiger partial charge in [-0.25, -0.2) is 10.4 Å². The Morgan fingerprint density at radius 3 is 2.40 bits per heavy atom. The van der Waals surface area contributed by atoms with Crippen LogP contribution in [0.1, 0.15) is 15.9 Å². The molecule has 0 saturated carbocycles. The highest BCUT2D eigenvalue weighted by Crippen LogP contribution is 2.41. The zero-order chi connectivity index (χ0) is 30.5. The summed E-state index contributed by atoms with van der Waals surface area (Å²) in [6.07, 6.45) is 1.42. The number of amides is 1. The van der Waals surface area contributed by atoms with Crippen molar-refractivity contribution < 1.29 is 24.1 Å². The number of rotatable bonds is 9. The van der Waals surface area contributed by atoms with Crippen LogP contribution in [-0.4, -0.2) is 34.1 Å². The van der Waals surface area contributed by atoms with Crippen molar-refractivity contribution in [3.05, 3.63) is 126 Å². The lowest BCUT2D eigenvalue weighted by Gasteiger charge is -2.13. The van der Waals surface area contributed by atoms with E-state index in [1.54, 1.807) is 18.2 Å². The summed E-state index contributed by atoms with van der Waals surface area (Å²) in [4.78, 5) is 39.0. The number of methoxy groups -OCH3 is 1. The third kappa shape index (κ3) is 6.41. The molecule has 0 fully saturated rings. The molecule has 5 aromatic rings. The number of nitro benzene ring substituents is 2. The molecule has 1 amide bonds. The minimum absolute atomic E-state index is 0.165. The van der Waals surface area contributed by atoms with Crippen LogP contribution in [0.15, 0.2) is 96.1 Å². The van der Waals surface area contributed by atoms with Crippen molar-refractivity contribution in [3.8, 4) is 28.5 Å². The van der Waals surface area contributed by atoms with Crippen LogP contribution in [0, 0.1) is 23.8 Å². The zero-order valence-electron chi connectivity index (χ0n) is 22.3. The van der Waals surface area contributed by atoms with E-state index in [1.807, 2.05) is 77.2 Å². The normalized spacial score (nSPS) is 10.9. The largest absolute Gasteiger partial charge is 0.493 e. The molecule has 1 aromatic heterocycles. The first-order valence-electron chi connectivity index (χ1n) is 12.5. The molecule has 12 nitrogen and oxygen atoms in total. The van der Waals surface area contributed by atoms with Gasteiger partial charge in [0.25, 0.3) is 11.6 Å². The number of ether oxygens (including phenoxy) is 2. The average Bonchev–Trinajstić information content (AvgIpc) is 3.01. The van der Waals surface area contributed by atoms with Gasteiger partial charge in [0, 0.05) is 17.0 Å². The second kappa shape index (κ2) is 12.6. The van der Waals surface area contributed by atoms with Gasteiger partial charge < -0.3 is 9.47 Å². The molecular formula is C30H20IN5O7. The molecule has 13 heteroatoms. The Kier molecular flexibility index (Phi) is 8.52. The van der Waals surface area contributed by atoms with Gasteiger partial charge in [0.2, 0.25) is 5.75 Å². The van der Waals surface area contributed by atoms with Crippen LogP contribution in [0.2, 0.25) is 0 Å². The molecule has 0 bridgehead atoms. The first-order chi connectivity index (χ1) is 20.7. The molecule has 43 heavy (non-hydrogen) atoms. The van der Waals surface area contributed by atoms with E-state index < -0.39 is 27.1 Å². The smallest absolute Gasteiger partial charge is 0.318 e. The summed E-state index contributed by atoms with van der Waals surface area (Å²) in [7, 11) is 1.39. The van der Waals surface area contributed by atoms with Crippen molar-refractivity contribution >= 4 is 57.0 Å². The van der Waals surface area contributed by atoms with E-state index in [0.717, 1.165) is 23.8 Å². The number of nitro groups is 2. The second-order valence-corrected chi connectivity index (χ2v) is 10.1. The van der Waals surface area contributed by atoms with Gasteiger partial charge in [-0.15, -0.1) is 0 Å². The minimum atomic E-state index is -0.764. The number of halogens is 1. The van der Waals surface area contributed by atoms with Gasteiger partial charge >= 0.3 is 5.69 Å². The molecule has 0 unspecified atom stereocenters. The van der Waals surface area contributed by atoms with Crippen LogP contribution in [0.3, 0.4) is 0 Å². The topological polar surface area (TPSA) is 159 Å². The van der Waals surface area contributed by atoms with E-state index in [4.69, 9.17) is 14.5 Å². The number of hydrogen-bond donors (Lipinski definition) is 1. The molecule has 0 saturated heterocycles. The lowest BCUT2D eigenvalue weighted by Crippen LogP contribution is -2.18. The number of hydrazone groups is 1. The number of fused-ring (bicyclic) bond motifs is 1. The van der Waals surface area contributed by atoms with Crippen LogP contribution >= 0.6 is 22.6 Å². The van der Waals surface area contributed by atoms with Crippen molar-refractivity contribution in [3.63, 3.8) is 0 Å². The number of nitrogens with zero attached hydrogens (tertiary/aromatic N) is 4. The van der Waals surface area contributed by atoms with Gasteiger partial charge in [-0.05, 0) is 58.5 Å². The lowest BCUT2D eigenvalue weighted by atomic mass is 10.0. The number of carbonyl (C=O) groups is 1. The summed E-state index contributed by atoms with van der Waals surface area (Å²) in [5.41, 5.74) is 4.68. The maximum atomic E-state index is 13.2. The van der Waals surface area contributed by atoms with Gasteiger partial charge in [-0.3, -0.25) is 25.0 Å². The highest BCUT2D eigenvalue weighted by atomic mass is 127. The monoisotopic (exact) mass is 689 g/mol. The van der Waals surface area contributed by atoms with Crippen LogP contribution in [-0.2, 0) is 0 Å². The Hall–Kier alpha value is -5.44. The first kappa shape index (κ1) is 29.1. The quantitative estimate of drug-likeness (QED) is 0.0759. The molecule has 0 radical (unpaired) electrons. The Morgan fingerprint density at radius 1 is 0.930 bits per heavy atom. The number of pyridine rings is 1. The maximum absolute atomic E-state index is 13.2. The van der Waals surface area contributed by atoms with Gasteiger partial charge in [-0.2, -0.15) is 5.10 Å². The Bertz CT molecular complexity index is 1920. The molecule has 4 aromatic carbocycles. The van der Waals surface area contributed by atoms with Crippen LogP contribution in [0.5, 0.6) is 17.2 Å². The van der Waals surface area contributed by atoms with E-state index >= 15 is 0 Å². The van der Waals surface area contributed by atoms with E-state index in [9.17, 15) is 25.0 Å². The zero-order valence-corrected chi connectivity index (χ0v) is 24.4. The number of carbonyl (C=O) groups excluding carboxylic acids is 1. The molecule has 0 spiro atoms. The standard InChI is InChI=1S/C30H20IN5O7/c1-42-28-14-18(13-23(31)29(28)43-27-12-11-20(35(38)39)15-26(27)36(40)41)17-32-34-30(37)22-16-25(19-7-3-2-4-8-19)33-24-10-6-5-9-21(22)24/h2-17H,1H3,(H,34,37)/b32-17-. The highest BCUT2D eigenvalue weighted by molar-refractivity contribution is 14.1. The summed E-state index contributed by atoms with van der Waals surface area (Å²) >= 11 is 1.96. The van der Waals surface area contributed by atoms with Crippen molar-refractivity contribution in [2.24, 2.45) is 5.10 Å². The number of benzene rings is 4. The van der Waals surface area contributed by atoms with Gasteiger partial charge in [0.15, 0.2) is 11.5 Å². The number of para-hydroxylation sites is 1. The molecule has 5 rings (SSSR count). The summed E-state index contributed by atoms with van der Waals surface area (Å²) < 4.78 is 11.7. The predicted molar refractivity (Wildman–Crippen MR) is 168 cm³/mol. The fourth-order valence-corrected chi connectivity index (χ4v) is 4.95. The van der Waals surface area contributed by atoms with Gasteiger partial charge in [0.1, 0.15) is 0 Å². The van der Waals surface area contributed by atoms with E-state index in [0.29, 0.717) is 31.3 Å².